The van der Waals surface area contributed by atoms with E-state index in [0.717, 1.165) is 24.1 Å². The molecule has 0 spiro atoms. The van der Waals surface area contributed by atoms with Gasteiger partial charge in [-0.15, -0.1) is 0 Å². The quantitative estimate of drug-likeness (QED) is 0.886. The van der Waals surface area contributed by atoms with Crippen LogP contribution in [0, 0.1) is 18.8 Å². The van der Waals surface area contributed by atoms with E-state index in [2.05, 4.69) is 10.4 Å². The molecule has 0 bridgehead atoms. The Morgan fingerprint density at radius 2 is 2.00 bits per heavy atom. The lowest BCUT2D eigenvalue weighted by molar-refractivity contribution is -0.149. The van der Waals surface area contributed by atoms with E-state index in [9.17, 15) is 14.7 Å². The van der Waals surface area contributed by atoms with Crippen molar-refractivity contribution < 1.29 is 14.7 Å². The molecule has 0 radical (unpaired) electrons. The molecule has 1 saturated carbocycles. The second-order valence-electron chi connectivity index (χ2n) is 5.91. The first-order valence-electron chi connectivity index (χ1n) is 7.43. The van der Waals surface area contributed by atoms with Crippen molar-refractivity contribution in [2.24, 2.45) is 18.9 Å². The van der Waals surface area contributed by atoms with Gasteiger partial charge in [0.2, 0.25) is 5.91 Å². The summed E-state index contributed by atoms with van der Waals surface area (Å²) < 4.78 is 1.72. The number of aromatic nitrogens is 2. The van der Waals surface area contributed by atoms with Crippen molar-refractivity contribution in [2.75, 3.05) is 0 Å². The third-order valence-electron chi connectivity index (χ3n) is 4.30. The summed E-state index contributed by atoms with van der Waals surface area (Å²) in [5, 5.41) is 16.5. The van der Waals surface area contributed by atoms with Gasteiger partial charge in [0, 0.05) is 18.8 Å². The first kappa shape index (κ1) is 15.5. The molecule has 1 aliphatic carbocycles. The molecule has 0 aromatic carbocycles. The summed E-state index contributed by atoms with van der Waals surface area (Å²) >= 11 is 0. The van der Waals surface area contributed by atoms with E-state index in [1.807, 2.05) is 27.1 Å². The molecular weight excluding hydrogens is 270 g/mol. The first-order chi connectivity index (χ1) is 9.90. The molecule has 2 rings (SSSR count). The molecule has 21 heavy (non-hydrogen) atoms. The SMILES string of the molecule is Cc1nn(C)cc1[C@H](C)NC(=O)[C@H]1CCCC[C@@H]1C(=O)O. The average Bonchev–Trinajstić information content (AvgIpc) is 2.77. The molecule has 1 aromatic heterocycles. The molecule has 116 valence electrons. The number of rotatable bonds is 4. The number of hydrogen-bond donors (Lipinski definition) is 2. The minimum absolute atomic E-state index is 0.155. The fourth-order valence-electron chi connectivity index (χ4n) is 3.18. The lowest BCUT2D eigenvalue weighted by atomic mass is 9.78. The normalized spacial score (nSPS) is 23.6. The van der Waals surface area contributed by atoms with Crippen molar-refractivity contribution in [1.82, 2.24) is 15.1 Å². The second kappa shape index (κ2) is 6.28. The van der Waals surface area contributed by atoms with Crippen LogP contribution in [0.3, 0.4) is 0 Å². The fourth-order valence-corrected chi connectivity index (χ4v) is 3.18. The Kier molecular flexibility index (Phi) is 4.65. The van der Waals surface area contributed by atoms with Gasteiger partial charge in [-0.05, 0) is 26.7 Å². The van der Waals surface area contributed by atoms with E-state index in [1.54, 1.807) is 4.68 Å². The van der Waals surface area contributed by atoms with Crippen molar-refractivity contribution in [3.8, 4) is 0 Å². The number of carboxylic acids is 1. The van der Waals surface area contributed by atoms with E-state index in [1.165, 1.54) is 0 Å². The maximum absolute atomic E-state index is 12.4. The van der Waals surface area contributed by atoms with Gasteiger partial charge in [-0.2, -0.15) is 5.10 Å². The predicted octanol–water partition coefficient (Wildman–Crippen LogP) is 1.80. The van der Waals surface area contributed by atoms with Gasteiger partial charge < -0.3 is 10.4 Å². The molecule has 0 saturated heterocycles. The van der Waals surface area contributed by atoms with Crippen LogP contribution in [0.25, 0.3) is 0 Å². The topological polar surface area (TPSA) is 84.2 Å². The molecule has 1 fully saturated rings. The Balaban J connectivity index is 2.06. The molecular formula is C15H23N3O3. The Bertz CT molecular complexity index is 538. The molecule has 0 unspecified atom stereocenters. The van der Waals surface area contributed by atoms with Crippen molar-refractivity contribution in [3.63, 3.8) is 0 Å². The largest absolute Gasteiger partial charge is 0.481 e. The van der Waals surface area contributed by atoms with E-state index >= 15 is 0 Å². The van der Waals surface area contributed by atoms with Crippen LogP contribution in [0.1, 0.15) is 49.9 Å². The number of carbonyl (C=O) groups is 2. The Morgan fingerprint density at radius 1 is 1.38 bits per heavy atom. The molecule has 2 N–H and O–H groups in total. The van der Waals surface area contributed by atoms with Gasteiger partial charge in [0.25, 0.3) is 0 Å². The van der Waals surface area contributed by atoms with E-state index < -0.39 is 17.8 Å². The van der Waals surface area contributed by atoms with Crippen molar-refractivity contribution in [1.29, 1.82) is 0 Å². The zero-order chi connectivity index (χ0) is 15.6. The summed E-state index contributed by atoms with van der Waals surface area (Å²) in [7, 11) is 1.84. The summed E-state index contributed by atoms with van der Waals surface area (Å²) in [5.41, 5.74) is 1.84. The Morgan fingerprint density at radius 3 is 2.52 bits per heavy atom. The lowest BCUT2D eigenvalue weighted by Crippen LogP contribution is -2.40. The highest BCUT2D eigenvalue weighted by molar-refractivity contribution is 5.85. The van der Waals surface area contributed by atoms with Crippen LogP contribution in [0.4, 0.5) is 0 Å². The number of aliphatic carboxylic acids is 1. The number of nitrogens with zero attached hydrogens (tertiary/aromatic N) is 2. The maximum Gasteiger partial charge on any atom is 0.307 e. The molecule has 1 aliphatic rings. The smallest absolute Gasteiger partial charge is 0.307 e. The third kappa shape index (κ3) is 3.43. The molecule has 6 nitrogen and oxygen atoms in total. The highest BCUT2D eigenvalue weighted by Gasteiger charge is 2.36. The van der Waals surface area contributed by atoms with Crippen LogP contribution < -0.4 is 5.32 Å². The van der Waals surface area contributed by atoms with Crippen LogP contribution in [0.5, 0.6) is 0 Å². The van der Waals surface area contributed by atoms with Crippen LogP contribution in [0.15, 0.2) is 6.20 Å². The van der Waals surface area contributed by atoms with Gasteiger partial charge in [0.15, 0.2) is 0 Å². The van der Waals surface area contributed by atoms with Gasteiger partial charge in [-0.3, -0.25) is 14.3 Å². The molecule has 6 heteroatoms. The summed E-state index contributed by atoms with van der Waals surface area (Å²) in [5.74, 6) is -1.99. The maximum atomic E-state index is 12.4. The van der Waals surface area contributed by atoms with Gasteiger partial charge in [0.05, 0.1) is 23.6 Å². The highest BCUT2D eigenvalue weighted by Crippen LogP contribution is 2.31. The molecule has 0 aliphatic heterocycles. The summed E-state index contributed by atoms with van der Waals surface area (Å²) in [4.78, 5) is 23.7. The van der Waals surface area contributed by atoms with Gasteiger partial charge >= 0.3 is 5.97 Å². The first-order valence-corrected chi connectivity index (χ1v) is 7.43. The van der Waals surface area contributed by atoms with Crippen molar-refractivity contribution in [2.45, 2.75) is 45.6 Å². The highest BCUT2D eigenvalue weighted by atomic mass is 16.4. The number of carbonyl (C=O) groups excluding carboxylic acids is 1. The van der Waals surface area contributed by atoms with Crippen LogP contribution in [-0.2, 0) is 16.6 Å². The molecule has 1 amide bonds. The van der Waals surface area contributed by atoms with Crippen LogP contribution in [-0.4, -0.2) is 26.8 Å². The minimum Gasteiger partial charge on any atom is -0.481 e. The summed E-state index contributed by atoms with van der Waals surface area (Å²) in [6, 6.07) is -0.164. The van der Waals surface area contributed by atoms with Crippen LogP contribution in [0.2, 0.25) is 0 Å². The Labute approximate surface area is 124 Å². The van der Waals surface area contributed by atoms with Crippen molar-refractivity contribution in [3.05, 3.63) is 17.5 Å². The van der Waals surface area contributed by atoms with Crippen molar-refractivity contribution >= 4 is 11.9 Å². The summed E-state index contributed by atoms with van der Waals surface area (Å²) in [6.45, 7) is 3.80. The minimum atomic E-state index is -0.861. The zero-order valence-electron chi connectivity index (χ0n) is 12.8. The number of carboxylic acid groups (broad SMARTS) is 1. The summed E-state index contributed by atoms with van der Waals surface area (Å²) in [6.07, 6.45) is 4.94. The van der Waals surface area contributed by atoms with E-state index in [-0.39, 0.29) is 11.9 Å². The van der Waals surface area contributed by atoms with Gasteiger partial charge in [0.1, 0.15) is 0 Å². The molecule has 3 atom stereocenters. The van der Waals surface area contributed by atoms with Gasteiger partial charge in [-0.25, -0.2) is 0 Å². The molecule has 1 aromatic rings. The van der Waals surface area contributed by atoms with Gasteiger partial charge in [-0.1, -0.05) is 12.8 Å². The zero-order valence-corrected chi connectivity index (χ0v) is 12.8. The number of amides is 1. The fraction of sp³-hybridized carbons (Fsp3) is 0.667. The predicted molar refractivity (Wildman–Crippen MR) is 77.6 cm³/mol. The monoisotopic (exact) mass is 293 g/mol. The lowest BCUT2D eigenvalue weighted by Gasteiger charge is -2.28. The van der Waals surface area contributed by atoms with Crippen LogP contribution >= 0.6 is 0 Å². The number of nitrogens with one attached hydrogen (secondary N) is 1. The number of hydrogen-bond acceptors (Lipinski definition) is 3. The average molecular weight is 293 g/mol. The van der Waals surface area contributed by atoms with E-state index in [4.69, 9.17) is 0 Å². The van der Waals surface area contributed by atoms with E-state index in [0.29, 0.717) is 12.8 Å². The number of aryl methyl sites for hydroxylation is 2. The third-order valence-corrected chi connectivity index (χ3v) is 4.30. The Hall–Kier alpha value is -1.85. The standard InChI is InChI=1S/C15H23N3O3/c1-9(13-8-18(3)17-10(13)2)16-14(19)11-6-4-5-7-12(11)15(20)21/h8-9,11-12H,4-7H2,1-3H3,(H,16,19)(H,20,21)/t9-,11-,12-/m0/s1. The molecule has 1 heterocycles. The second-order valence-corrected chi connectivity index (χ2v) is 5.91.